The first-order valence-corrected chi connectivity index (χ1v) is 12.7. The monoisotopic (exact) mass is 571 g/mol. The topological polar surface area (TPSA) is 75.0 Å². The van der Waals surface area contributed by atoms with Gasteiger partial charge in [-0.3, -0.25) is 0 Å². The molecule has 0 radical (unpaired) electrons. The number of ether oxygens (including phenoxy) is 3. The molecule has 192 valence electrons. The van der Waals surface area contributed by atoms with Gasteiger partial charge < -0.3 is 14.2 Å². The zero-order chi connectivity index (χ0) is 26.1. The minimum absolute atomic E-state index is 0.0165. The van der Waals surface area contributed by atoms with E-state index < -0.39 is 12.6 Å². The van der Waals surface area contributed by atoms with Gasteiger partial charge in [-0.2, -0.15) is 13.9 Å². The van der Waals surface area contributed by atoms with Crippen LogP contribution in [0.5, 0.6) is 11.5 Å². The lowest BCUT2D eigenvalue weighted by molar-refractivity contribution is -0.0515. The Kier molecular flexibility index (Phi) is 7.10. The fourth-order valence-electron chi connectivity index (χ4n) is 3.86. The lowest BCUT2D eigenvalue weighted by Gasteiger charge is -2.14. The number of esters is 1. The van der Waals surface area contributed by atoms with Gasteiger partial charge >= 0.3 is 12.6 Å². The summed E-state index contributed by atoms with van der Waals surface area (Å²) >= 11 is 3.61. The Hall–Kier alpha value is -3.53. The number of nitrogens with zero attached hydrogens (tertiary/aromatic N) is 3. The van der Waals surface area contributed by atoms with Gasteiger partial charge in [-0.1, -0.05) is 12.1 Å². The second-order valence-electron chi connectivity index (χ2n) is 9.06. The Morgan fingerprint density at radius 1 is 1.11 bits per heavy atom. The van der Waals surface area contributed by atoms with E-state index in [1.54, 1.807) is 61.0 Å². The third kappa shape index (κ3) is 5.58. The standard InChI is InChI=1S/C27H24BrF2N3O4/c1-15(2)36-26(34)19-5-3-4-18(12-19)24-23(28)25-31-11-10-20(33(25)32-24)17-8-9-21(37-27(29)30)22(13-17)35-14-16-6-7-16/h3-5,8-13,15-16,27H,6-7,14H2,1-2H3. The summed E-state index contributed by atoms with van der Waals surface area (Å²) in [5, 5.41) is 4.77. The van der Waals surface area contributed by atoms with Crippen molar-refractivity contribution in [3.05, 3.63) is 64.8 Å². The van der Waals surface area contributed by atoms with Crippen molar-refractivity contribution in [1.29, 1.82) is 0 Å². The first kappa shape index (κ1) is 25.1. The quantitative estimate of drug-likeness (QED) is 0.206. The van der Waals surface area contributed by atoms with E-state index in [1.807, 2.05) is 6.07 Å². The summed E-state index contributed by atoms with van der Waals surface area (Å²) in [7, 11) is 0. The average molecular weight is 572 g/mol. The second kappa shape index (κ2) is 10.5. The molecule has 1 aliphatic carbocycles. The molecule has 2 heterocycles. The van der Waals surface area contributed by atoms with Crippen LogP contribution >= 0.6 is 15.9 Å². The summed E-state index contributed by atoms with van der Waals surface area (Å²) in [5.41, 5.74) is 3.62. The van der Waals surface area contributed by atoms with Crippen molar-refractivity contribution < 1.29 is 27.8 Å². The van der Waals surface area contributed by atoms with Crippen LogP contribution in [-0.4, -0.2) is 39.9 Å². The smallest absolute Gasteiger partial charge is 0.387 e. The van der Waals surface area contributed by atoms with E-state index in [1.165, 1.54) is 6.07 Å². The normalized spacial score (nSPS) is 13.4. The molecule has 0 bridgehead atoms. The highest BCUT2D eigenvalue weighted by Gasteiger charge is 2.24. The van der Waals surface area contributed by atoms with Crippen LogP contribution in [0, 0.1) is 5.92 Å². The van der Waals surface area contributed by atoms with Gasteiger partial charge in [0.1, 0.15) is 5.69 Å². The molecule has 0 unspecified atom stereocenters. The van der Waals surface area contributed by atoms with Crippen molar-refractivity contribution in [3.63, 3.8) is 0 Å². The number of hydrogen-bond acceptors (Lipinski definition) is 6. The third-order valence-electron chi connectivity index (χ3n) is 5.80. The molecule has 2 aromatic carbocycles. The van der Waals surface area contributed by atoms with Crippen LogP contribution in [0.25, 0.3) is 28.2 Å². The zero-order valence-electron chi connectivity index (χ0n) is 20.2. The van der Waals surface area contributed by atoms with Crippen LogP contribution in [0.15, 0.2) is 59.2 Å². The third-order valence-corrected chi connectivity index (χ3v) is 6.53. The number of halogens is 3. The number of carbonyl (C=O) groups excluding carboxylic acids is 1. The van der Waals surface area contributed by atoms with Crippen LogP contribution in [0.3, 0.4) is 0 Å². The Labute approximate surface area is 220 Å². The van der Waals surface area contributed by atoms with Crippen molar-refractivity contribution >= 4 is 27.5 Å². The molecule has 10 heteroatoms. The number of fused-ring (bicyclic) bond motifs is 1. The van der Waals surface area contributed by atoms with Crippen molar-refractivity contribution in [2.75, 3.05) is 6.61 Å². The molecule has 37 heavy (non-hydrogen) atoms. The molecule has 0 aliphatic heterocycles. The Bertz CT molecular complexity index is 1450. The van der Waals surface area contributed by atoms with Gasteiger partial charge in [0.15, 0.2) is 17.1 Å². The molecule has 0 spiro atoms. The molecule has 2 aromatic heterocycles. The molecule has 4 aromatic rings. The molecule has 5 rings (SSSR count). The number of benzene rings is 2. The Morgan fingerprint density at radius 2 is 1.92 bits per heavy atom. The summed E-state index contributed by atoms with van der Waals surface area (Å²) in [4.78, 5) is 16.9. The number of alkyl halides is 2. The summed E-state index contributed by atoms with van der Waals surface area (Å²) in [5.74, 6) is 0.254. The van der Waals surface area contributed by atoms with Gasteiger partial charge in [-0.25, -0.2) is 14.3 Å². The average Bonchev–Trinajstić information content (AvgIpc) is 3.64. The predicted octanol–water partition coefficient (Wildman–Crippen LogP) is 6.78. The highest BCUT2D eigenvalue weighted by molar-refractivity contribution is 9.10. The highest BCUT2D eigenvalue weighted by atomic mass is 79.9. The van der Waals surface area contributed by atoms with Gasteiger partial charge in [0.25, 0.3) is 0 Å². The van der Waals surface area contributed by atoms with E-state index in [-0.39, 0.29) is 17.6 Å². The number of aromatic nitrogens is 3. The molecule has 0 atom stereocenters. The first-order chi connectivity index (χ1) is 17.8. The summed E-state index contributed by atoms with van der Waals surface area (Å²) in [6.07, 6.45) is 3.54. The van der Waals surface area contributed by atoms with Crippen LogP contribution in [0.1, 0.15) is 37.0 Å². The van der Waals surface area contributed by atoms with Crippen molar-refractivity contribution in [2.24, 2.45) is 5.92 Å². The molecule has 0 amide bonds. The second-order valence-corrected chi connectivity index (χ2v) is 9.85. The summed E-state index contributed by atoms with van der Waals surface area (Å²) < 4.78 is 44.1. The Morgan fingerprint density at radius 3 is 2.65 bits per heavy atom. The fourth-order valence-corrected chi connectivity index (χ4v) is 4.44. The highest BCUT2D eigenvalue weighted by Crippen LogP contribution is 2.38. The van der Waals surface area contributed by atoms with Crippen molar-refractivity contribution in [3.8, 4) is 34.0 Å². The van der Waals surface area contributed by atoms with E-state index in [0.29, 0.717) is 50.7 Å². The lowest BCUT2D eigenvalue weighted by atomic mass is 10.1. The summed E-state index contributed by atoms with van der Waals surface area (Å²) in [6, 6.07) is 13.6. The lowest BCUT2D eigenvalue weighted by Crippen LogP contribution is -2.11. The molecule has 0 saturated heterocycles. The fraction of sp³-hybridized carbons (Fsp3) is 0.296. The van der Waals surface area contributed by atoms with Gasteiger partial charge in [0.2, 0.25) is 0 Å². The van der Waals surface area contributed by atoms with E-state index in [4.69, 9.17) is 14.6 Å². The SMILES string of the molecule is CC(C)OC(=O)c1cccc(-c2nn3c(-c4ccc(OC(F)F)c(OCC5CC5)c4)ccnc3c2Br)c1. The molecule has 1 fully saturated rings. The van der Waals surface area contributed by atoms with Gasteiger partial charge in [-0.05, 0) is 84.9 Å². The summed E-state index contributed by atoms with van der Waals surface area (Å²) in [6.45, 7) is 1.08. The van der Waals surface area contributed by atoms with E-state index in [0.717, 1.165) is 12.8 Å². The number of carbonyl (C=O) groups is 1. The zero-order valence-corrected chi connectivity index (χ0v) is 21.7. The maximum atomic E-state index is 13.0. The van der Waals surface area contributed by atoms with Crippen LogP contribution in [0.2, 0.25) is 0 Å². The first-order valence-electron chi connectivity index (χ1n) is 11.9. The maximum absolute atomic E-state index is 13.0. The van der Waals surface area contributed by atoms with Crippen LogP contribution in [0.4, 0.5) is 8.78 Å². The molecule has 1 saturated carbocycles. The number of rotatable bonds is 9. The number of hydrogen-bond donors (Lipinski definition) is 0. The van der Waals surface area contributed by atoms with E-state index in [9.17, 15) is 13.6 Å². The minimum atomic E-state index is -2.96. The van der Waals surface area contributed by atoms with Gasteiger partial charge in [0, 0.05) is 17.3 Å². The molecular formula is C27H24BrF2N3O4. The molecule has 7 nitrogen and oxygen atoms in total. The maximum Gasteiger partial charge on any atom is 0.387 e. The van der Waals surface area contributed by atoms with Crippen LogP contribution in [-0.2, 0) is 4.74 Å². The molecular weight excluding hydrogens is 548 g/mol. The van der Waals surface area contributed by atoms with Crippen LogP contribution < -0.4 is 9.47 Å². The van der Waals surface area contributed by atoms with Crippen molar-refractivity contribution in [1.82, 2.24) is 14.6 Å². The van der Waals surface area contributed by atoms with Crippen molar-refractivity contribution in [2.45, 2.75) is 39.4 Å². The molecule has 1 aliphatic rings. The van der Waals surface area contributed by atoms with Gasteiger partial charge in [-0.15, -0.1) is 0 Å². The predicted molar refractivity (Wildman–Crippen MR) is 137 cm³/mol. The largest absolute Gasteiger partial charge is 0.489 e. The Balaban J connectivity index is 1.54. The minimum Gasteiger partial charge on any atom is -0.489 e. The molecule has 0 N–H and O–H groups in total. The van der Waals surface area contributed by atoms with E-state index >= 15 is 0 Å². The van der Waals surface area contributed by atoms with Gasteiger partial charge in [0.05, 0.1) is 28.4 Å². The van der Waals surface area contributed by atoms with E-state index in [2.05, 4.69) is 25.7 Å².